The van der Waals surface area contributed by atoms with Crippen LogP contribution >= 0.6 is 8.38 Å². The quantitative estimate of drug-likeness (QED) is 0.487. The Kier molecular flexibility index (Phi) is 4.06. The zero-order valence-electron chi connectivity index (χ0n) is 7.31. The summed E-state index contributed by atoms with van der Waals surface area (Å²) in [5.74, 6) is 0. The summed E-state index contributed by atoms with van der Waals surface area (Å²) in [5, 5.41) is 2.53. The Morgan fingerprint density at radius 1 is 1.38 bits per heavy atom. The van der Waals surface area contributed by atoms with Crippen LogP contribution in [0.2, 0.25) is 0 Å². The van der Waals surface area contributed by atoms with Gasteiger partial charge in [0.25, 0.3) is 14.0 Å². The van der Waals surface area contributed by atoms with Crippen LogP contribution in [0.5, 0.6) is 0 Å². The van der Waals surface area contributed by atoms with Gasteiger partial charge in [0.1, 0.15) is 0 Å². The fourth-order valence-electron chi connectivity index (χ4n) is 1.56. The van der Waals surface area contributed by atoms with Gasteiger partial charge in [-0.15, -0.1) is 0 Å². The van der Waals surface area contributed by atoms with Gasteiger partial charge in [0.2, 0.25) is 0 Å². The summed E-state index contributed by atoms with van der Waals surface area (Å²) in [6.45, 7) is 0. The van der Waals surface area contributed by atoms with Crippen LogP contribution in [0.3, 0.4) is 0 Å². The highest BCUT2D eigenvalue weighted by Crippen LogP contribution is 2.25. The highest BCUT2D eigenvalue weighted by molar-refractivity contribution is 7.64. The molecule has 0 aromatic rings. The Balaban J connectivity index is 2.38. The van der Waals surface area contributed by atoms with E-state index in [1.165, 1.54) is 0 Å². The summed E-state index contributed by atoms with van der Waals surface area (Å²) < 4.78 is 0. The summed E-state index contributed by atoms with van der Waals surface area (Å²) in [4.78, 5) is 28.1. The SMILES string of the molecule is N[C@H]1CCCC[C@@H]1NC(=O)P(O)O. The van der Waals surface area contributed by atoms with E-state index in [4.69, 9.17) is 15.5 Å². The van der Waals surface area contributed by atoms with E-state index in [1.807, 2.05) is 0 Å². The first-order valence-electron chi connectivity index (χ1n) is 4.35. The minimum Gasteiger partial charge on any atom is -0.344 e. The molecular weight excluding hydrogens is 191 g/mol. The lowest BCUT2D eigenvalue weighted by Gasteiger charge is -2.29. The number of nitrogens with two attached hydrogens (primary N) is 1. The van der Waals surface area contributed by atoms with Crippen molar-refractivity contribution >= 4 is 14.0 Å². The molecule has 1 fully saturated rings. The van der Waals surface area contributed by atoms with E-state index in [2.05, 4.69) is 5.32 Å². The molecule has 0 bridgehead atoms. The van der Waals surface area contributed by atoms with E-state index in [1.54, 1.807) is 0 Å². The summed E-state index contributed by atoms with van der Waals surface area (Å²) in [6.07, 6.45) is 3.84. The molecule has 0 aromatic carbocycles. The van der Waals surface area contributed by atoms with E-state index in [9.17, 15) is 4.79 Å². The smallest absolute Gasteiger partial charge is 0.298 e. The van der Waals surface area contributed by atoms with Crippen LogP contribution in [0.1, 0.15) is 25.7 Å². The van der Waals surface area contributed by atoms with Crippen LogP contribution in [-0.2, 0) is 0 Å². The number of carbonyl (C=O) groups is 1. The number of hydrogen-bond acceptors (Lipinski definition) is 4. The molecule has 1 amide bonds. The third kappa shape index (κ3) is 3.19. The summed E-state index contributed by atoms with van der Waals surface area (Å²) in [7, 11) is -2.51. The van der Waals surface area contributed by atoms with Gasteiger partial charge in [-0.25, -0.2) is 0 Å². The minimum atomic E-state index is -2.51. The Hall–Kier alpha value is -0.220. The highest BCUT2D eigenvalue weighted by Gasteiger charge is 2.25. The number of amides is 1. The second-order valence-corrected chi connectivity index (χ2v) is 4.28. The van der Waals surface area contributed by atoms with Gasteiger partial charge in [0.15, 0.2) is 0 Å². The predicted octanol–water partition coefficient (Wildman–Crippen LogP) is 0.262. The largest absolute Gasteiger partial charge is 0.344 e. The molecule has 0 spiro atoms. The van der Waals surface area contributed by atoms with Crippen LogP contribution in [0, 0.1) is 0 Å². The molecule has 6 heteroatoms. The molecule has 5 nitrogen and oxygen atoms in total. The van der Waals surface area contributed by atoms with Gasteiger partial charge in [0, 0.05) is 12.1 Å². The van der Waals surface area contributed by atoms with Gasteiger partial charge in [-0.3, -0.25) is 4.79 Å². The van der Waals surface area contributed by atoms with Crippen molar-refractivity contribution in [1.82, 2.24) is 5.32 Å². The summed E-state index contributed by atoms with van der Waals surface area (Å²) in [6, 6.07) is -0.141. The van der Waals surface area contributed by atoms with Crippen molar-refractivity contribution in [2.24, 2.45) is 5.73 Å². The third-order valence-corrected chi connectivity index (χ3v) is 2.80. The topological polar surface area (TPSA) is 95.6 Å². The van der Waals surface area contributed by atoms with E-state index in [0.29, 0.717) is 0 Å². The second-order valence-electron chi connectivity index (χ2n) is 3.29. The zero-order chi connectivity index (χ0) is 9.84. The first-order valence-corrected chi connectivity index (χ1v) is 5.60. The van der Waals surface area contributed by atoms with Gasteiger partial charge < -0.3 is 20.8 Å². The van der Waals surface area contributed by atoms with Crippen LogP contribution in [0.25, 0.3) is 0 Å². The fraction of sp³-hybridized carbons (Fsp3) is 0.857. The number of carbonyl (C=O) groups excluding carboxylic acids is 1. The first-order chi connectivity index (χ1) is 6.11. The molecule has 1 rings (SSSR count). The monoisotopic (exact) mass is 206 g/mol. The lowest BCUT2D eigenvalue weighted by Crippen LogP contribution is -2.48. The Morgan fingerprint density at radius 2 is 2.00 bits per heavy atom. The first kappa shape index (κ1) is 10.9. The van der Waals surface area contributed by atoms with Gasteiger partial charge >= 0.3 is 0 Å². The molecule has 0 aromatic heterocycles. The normalized spacial score (nSPS) is 28.9. The Labute approximate surface area is 78.2 Å². The van der Waals surface area contributed by atoms with E-state index >= 15 is 0 Å². The average molecular weight is 206 g/mol. The van der Waals surface area contributed by atoms with Gasteiger partial charge in [-0.2, -0.15) is 0 Å². The molecule has 0 saturated heterocycles. The molecule has 1 aliphatic rings. The Bertz CT molecular complexity index is 189. The highest BCUT2D eigenvalue weighted by atomic mass is 31.2. The standard InChI is InChI=1S/C7H15N2O3P/c8-5-3-1-2-4-6(5)9-7(10)13(11)12/h5-6,11-12H,1-4,8H2,(H,9,10)/t5-,6-/m0/s1. The molecule has 0 unspecified atom stereocenters. The number of hydrogen-bond donors (Lipinski definition) is 4. The molecule has 1 aliphatic carbocycles. The van der Waals surface area contributed by atoms with Crippen LogP contribution < -0.4 is 11.1 Å². The van der Waals surface area contributed by atoms with Crippen molar-refractivity contribution in [3.8, 4) is 0 Å². The van der Waals surface area contributed by atoms with Gasteiger partial charge in [-0.05, 0) is 12.8 Å². The maximum Gasteiger partial charge on any atom is 0.298 e. The second kappa shape index (κ2) is 4.86. The molecule has 2 atom stereocenters. The van der Waals surface area contributed by atoms with Crippen molar-refractivity contribution in [3.05, 3.63) is 0 Å². The van der Waals surface area contributed by atoms with Gasteiger partial charge in [-0.1, -0.05) is 12.8 Å². The average Bonchev–Trinajstić information content (AvgIpc) is 2.08. The molecule has 13 heavy (non-hydrogen) atoms. The maximum absolute atomic E-state index is 10.9. The fourth-order valence-corrected chi connectivity index (χ4v) is 1.84. The van der Waals surface area contributed by atoms with Crippen molar-refractivity contribution in [2.45, 2.75) is 37.8 Å². The van der Waals surface area contributed by atoms with Crippen molar-refractivity contribution in [2.75, 3.05) is 0 Å². The summed E-state index contributed by atoms with van der Waals surface area (Å²) in [5.41, 5.74) is 5.06. The molecule has 1 saturated carbocycles. The molecule has 0 heterocycles. The van der Waals surface area contributed by atoms with Crippen molar-refractivity contribution < 1.29 is 14.6 Å². The van der Waals surface area contributed by atoms with Crippen LogP contribution in [0.4, 0.5) is 4.79 Å². The van der Waals surface area contributed by atoms with Crippen molar-refractivity contribution in [3.63, 3.8) is 0 Å². The van der Waals surface area contributed by atoms with E-state index in [0.717, 1.165) is 25.7 Å². The minimum absolute atomic E-state index is 0.0485. The predicted molar refractivity (Wildman–Crippen MR) is 50.1 cm³/mol. The lowest BCUT2D eigenvalue weighted by molar-refractivity contribution is 0.243. The maximum atomic E-state index is 10.9. The molecule has 76 valence electrons. The molecule has 0 radical (unpaired) electrons. The van der Waals surface area contributed by atoms with Crippen molar-refractivity contribution in [1.29, 1.82) is 0 Å². The number of rotatable bonds is 2. The van der Waals surface area contributed by atoms with Gasteiger partial charge in [0.05, 0.1) is 0 Å². The molecular formula is C7H15N2O3P. The van der Waals surface area contributed by atoms with Crippen LogP contribution in [0.15, 0.2) is 0 Å². The van der Waals surface area contributed by atoms with E-state index in [-0.39, 0.29) is 12.1 Å². The van der Waals surface area contributed by atoms with Crippen LogP contribution in [-0.4, -0.2) is 27.5 Å². The number of nitrogens with one attached hydrogen (secondary N) is 1. The Morgan fingerprint density at radius 3 is 2.54 bits per heavy atom. The molecule has 0 aliphatic heterocycles. The lowest BCUT2D eigenvalue weighted by atomic mass is 9.91. The van der Waals surface area contributed by atoms with E-state index < -0.39 is 14.0 Å². The molecule has 5 N–H and O–H groups in total. The summed E-state index contributed by atoms with van der Waals surface area (Å²) >= 11 is 0. The third-order valence-electron chi connectivity index (χ3n) is 2.31. The zero-order valence-corrected chi connectivity index (χ0v) is 8.20.